The Morgan fingerprint density at radius 1 is 1.28 bits per heavy atom. The van der Waals surface area contributed by atoms with E-state index in [1.54, 1.807) is 7.11 Å². The van der Waals surface area contributed by atoms with Crippen molar-refractivity contribution in [3.05, 3.63) is 42.0 Å². The lowest BCUT2D eigenvalue weighted by molar-refractivity contribution is 0.156. The lowest BCUT2D eigenvalue weighted by Crippen LogP contribution is -2.42. The van der Waals surface area contributed by atoms with E-state index in [1.165, 1.54) is 6.42 Å². The first-order valence-corrected chi connectivity index (χ1v) is 9.22. The van der Waals surface area contributed by atoms with Crippen LogP contribution in [0.25, 0.3) is 10.8 Å². The first-order valence-electron chi connectivity index (χ1n) is 9.22. The van der Waals surface area contributed by atoms with Crippen LogP contribution in [0.1, 0.15) is 31.2 Å². The largest absolute Gasteiger partial charge is 0.385 e. The van der Waals surface area contributed by atoms with Crippen molar-refractivity contribution in [3.63, 3.8) is 0 Å². The standard InChI is InChI=1S/C21H28N2O2/c1-16-11-12-18-9-3-4-10-19(18)20(16)22-21(24)23-13-5-7-17(15-23)8-6-14-25-2/h3-4,9-12,17H,5-8,13-15H2,1-2H3,(H,22,24)/t17-/m1/s1. The number of methoxy groups -OCH3 is 1. The average molecular weight is 340 g/mol. The minimum absolute atomic E-state index is 0.0240. The number of rotatable bonds is 5. The number of carbonyl (C=O) groups excluding carboxylic acids is 1. The van der Waals surface area contributed by atoms with Crippen LogP contribution in [0.15, 0.2) is 36.4 Å². The van der Waals surface area contributed by atoms with Crippen LogP contribution in [0, 0.1) is 12.8 Å². The Hall–Kier alpha value is -2.07. The molecule has 1 atom stereocenters. The Balaban J connectivity index is 1.69. The van der Waals surface area contributed by atoms with E-state index < -0.39 is 0 Å². The molecule has 4 nitrogen and oxygen atoms in total. The summed E-state index contributed by atoms with van der Waals surface area (Å²) in [7, 11) is 1.74. The van der Waals surface area contributed by atoms with E-state index in [2.05, 4.69) is 29.6 Å². The zero-order valence-electron chi connectivity index (χ0n) is 15.3. The number of piperidine rings is 1. The molecule has 1 saturated heterocycles. The highest BCUT2D eigenvalue weighted by molar-refractivity contribution is 6.02. The number of anilines is 1. The lowest BCUT2D eigenvalue weighted by Gasteiger charge is -2.33. The number of nitrogens with zero attached hydrogens (tertiary/aromatic N) is 1. The molecule has 2 aromatic carbocycles. The summed E-state index contributed by atoms with van der Waals surface area (Å²) in [5.74, 6) is 0.586. The highest BCUT2D eigenvalue weighted by Crippen LogP contribution is 2.28. The van der Waals surface area contributed by atoms with Gasteiger partial charge in [-0.3, -0.25) is 0 Å². The molecular formula is C21H28N2O2. The van der Waals surface area contributed by atoms with E-state index in [1.807, 2.05) is 24.0 Å². The van der Waals surface area contributed by atoms with Crippen molar-refractivity contribution in [3.8, 4) is 0 Å². The third-order valence-corrected chi connectivity index (χ3v) is 5.14. The summed E-state index contributed by atoms with van der Waals surface area (Å²) >= 11 is 0. The molecule has 0 saturated carbocycles. The molecule has 4 heteroatoms. The molecule has 1 aliphatic rings. The molecule has 0 aromatic heterocycles. The summed E-state index contributed by atoms with van der Waals surface area (Å²) in [6.45, 7) is 4.54. The van der Waals surface area contributed by atoms with Gasteiger partial charge in [0.1, 0.15) is 0 Å². The third-order valence-electron chi connectivity index (χ3n) is 5.14. The number of fused-ring (bicyclic) bond motifs is 1. The molecule has 3 rings (SSSR count). The van der Waals surface area contributed by atoms with E-state index in [-0.39, 0.29) is 6.03 Å². The summed E-state index contributed by atoms with van der Waals surface area (Å²) in [5, 5.41) is 5.43. The van der Waals surface area contributed by atoms with Crippen molar-refractivity contribution in [1.29, 1.82) is 0 Å². The van der Waals surface area contributed by atoms with Gasteiger partial charge in [-0.25, -0.2) is 4.79 Å². The van der Waals surface area contributed by atoms with Crippen LogP contribution in [0.3, 0.4) is 0 Å². The van der Waals surface area contributed by atoms with Crippen LogP contribution in [0.5, 0.6) is 0 Å². The predicted molar refractivity (Wildman–Crippen MR) is 103 cm³/mol. The van der Waals surface area contributed by atoms with E-state index in [4.69, 9.17) is 4.74 Å². The van der Waals surface area contributed by atoms with Gasteiger partial charge in [0.05, 0.1) is 5.69 Å². The fourth-order valence-corrected chi connectivity index (χ4v) is 3.73. The van der Waals surface area contributed by atoms with Crippen molar-refractivity contribution in [2.45, 2.75) is 32.6 Å². The number of benzene rings is 2. The monoisotopic (exact) mass is 340 g/mol. The minimum atomic E-state index is 0.0240. The Bertz CT molecular complexity index is 729. The summed E-state index contributed by atoms with van der Waals surface area (Å²) < 4.78 is 5.15. The molecule has 134 valence electrons. The van der Waals surface area contributed by atoms with Gasteiger partial charge in [0.2, 0.25) is 0 Å². The second-order valence-electron chi connectivity index (χ2n) is 7.00. The molecule has 0 spiro atoms. The average Bonchev–Trinajstić information content (AvgIpc) is 2.64. The van der Waals surface area contributed by atoms with Gasteiger partial charge in [-0.2, -0.15) is 0 Å². The Morgan fingerprint density at radius 2 is 2.12 bits per heavy atom. The van der Waals surface area contributed by atoms with Gasteiger partial charge < -0.3 is 15.0 Å². The first-order chi connectivity index (χ1) is 12.2. The Kier molecular flexibility index (Phi) is 5.92. The van der Waals surface area contributed by atoms with Crippen LogP contribution in [0.4, 0.5) is 10.5 Å². The summed E-state index contributed by atoms with van der Waals surface area (Å²) in [4.78, 5) is 14.8. The van der Waals surface area contributed by atoms with E-state index in [9.17, 15) is 4.79 Å². The van der Waals surface area contributed by atoms with Crippen molar-refractivity contribution < 1.29 is 9.53 Å². The molecule has 1 aliphatic heterocycles. The number of urea groups is 1. The number of hydrogen-bond donors (Lipinski definition) is 1. The molecule has 0 radical (unpaired) electrons. The molecule has 0 bridgehead atoms. The molecule has 0 unspecified atom stereocenters. The second kappa shape index (κ2) is 8.34. The first kappa shape index (κ1) is 17.7. The minimum Gasteiger partial charge on any atom is -0.385 e. The number of amides is 2. The fraction of sp³-hybridized carbons (Fsp3) is 0.476. The molecule has 2 aromatic rings. The molecule has 1 fully saturated rings. The van der Waals surface area contributed by atoms with Crippen LogP contribution >= 0.6 is 0 Å². The molecule has 1 heterocycles. The van der Waals surface area contributed by atoms with Crippen LogP contribution < -0.4 is 5.32 Å². The molecular weight excluding hydrogens is 312 g/mol. The van der Waals surface area contributed by atoms with Gasteiger partial charge in [0.25, 0.3) is 0 Å². The molecule has 2 amide bonds. The highest BCUT2D eigenvalue weighted by atomic mass is 16.5. The number of carbonyl (C=O) groups is 1. The van der Waals surface area contributed by atoms with Gasteiger partial charge in [-0.15, -0.1) is 0 Å². The number of nitrogens with one attached hydrogen (secondary N) is 1. The molecule has 1 N–H and O–H groups in total. The van der Waals surface area contributed by atoms with E-state index >= 15 is 0 Å². The zero-order chi connectivity index (χ0) is 17.6. The summed E-state index contributed by atoms with van der Waals surface area (Å²) in [6.07, 6.45) is 4.49. The topological polar surface area (TPSA) is 41.6 Å². The maximum atomic E-state index is 12.8. The summed E-state index contributed by atoms with van der Waals surface area (Å²) in [6, 6.07) is 12.4. The van der Waals surface area contributed by atoms with Crippen LogP contribution in [-0.2, 0) is 4.74 Å². The van der Waals surface area contributed by atoms with Crippen molar-refractivity contribution >= 4 is 22.5 Å². The van der Waals surface area contributed by atoms with Crippen molar-refractivity contribution in [2.75, 3.05) is 32.1 Å². The maximum Gasteiger partial charge on any atom is 0.321 e. The van der Waals surface area contributed by atoms with Crippen molar-refractivity contribution in [2.24, 2.45) is 5.92 Å². The number of aryl methyl sites for hydroxylation is 1. The maximum absolute atomic E-state index is 12.8. The zero-order valence-corrected chi connectivity index (χ0v) is 15.3. The van der Waals surface area contributed by atoms with Crippen LogP contribution in [-0.4, -0.2) is 37.7 Å². The van der Waals surface area contributed by atoms with Gasteiger partial charge >= 0.3 is 6.03 Å². The third kappa shape index (κ3) is 4.31. The van der Waals surface area contributed by atoms with Gasteiger partial charge in [0.15, 0.2) is 0 Å². The highest BCUT2D eigenvalue weighted by Gasteiger charge is 2.24. The quantitative estimate of drug-likeness (QED) is 0.793. The number of likely N-dealkylation sites (tertiary alicyclic amines) is 1. The Labute approximate surface area is 150 Å². The van der Waals surface area contributed by atoms with Crippen LogP contribution in [0.2, 0.25) is 0 Å². The van der Waals surface area contributed by atoms with Crippen molar-refractivity contribution in [1.82, 2.24) is 4.90 Å². The molecule has 0 aliphatic carbocycles. The second-order valence-corrected chi connectivity index (χ2v) is 7.00. The molecule has 25 heavy (non-hydrogen) atoms. The number of hydrogen-bond acceptors (Lipinski definition) is 2. The van der Waals surface area contributed by atoms with Gasteiger partial charge in [-0.05, 0) is 49.5 Å². The SMILES string of the molecule is COCCC[C@H]1CCCN(C(=O)Nc2c(C)ccc3ccccc23)C1. The van der Waals surface area contributed by atoms with Gasteiger partial charge in [-0.1, -0.05) is 36.4 Å². The smallest absolute Gasteiger partial charge is 0.321 e. The van der Waals surface area contributed by atoms with E-state index in [0.29, 0.717) is 5.92 Å². The number of ether oxygens (including phenoxy) is 1. The predicted octanol–water partition coefficient (Wildman–Crippen LogP) is 4.82. The lowest BCUT2D eigenvalue weighted by atomic mass is 9.94. The van der Waals surface area contributed by atoms with Gasteiger partial charge in [0, 0.05) is 32.2 Å². The summed E-state index contributed by atoms with van der Waals surface area (Å²) in [5.41, 5.74) is 2.03. The van der Waals surface area contributed by atoms with E-state index in [0.717, 1.165) is 61.0 Å². The Morgan fingerprint density at radius 3 is 2.96 bits per heavy atom. The normalized spacial score (nSPS) is 17.7. The fourth-order valence-electron chi connectivity index (χ4n) is 3.73.